The lowest BCUT2D eigenvalue weighted by molar-refractivity contribution is 0.102. The zero-order valence-corrected chi connectivity index (χ0v) is 14.5. The van der Waals surface area contributed by atoms with E-state index in [1.54, 1.807) is 42.3 Å². The van der Waals surface area contributed by atoms with Gasteiger partial charge in [-0.05, 0) is 49.7 Å². The summed E-state index contributed by atoms with van der Waals surface area (Å²) in [5.41, 5.74) is 2.88. The van der Waals surface area contributed by atoms with E-state index in [-0.39, 0.29) is 18.0 Å². The summed E-state index contributed by atoms with van der Waals surface area (Å²) in [7, 11) is 1.73. The number of anilines is 2. The van der Waals surface area contributed by atoms with Crippen LogP contribution in [-0.2, 0) is 6.54 Å². The number of para-hydroxylation sites is 1. The minimum atomic E-state index is -0.232. The van der Waals surface area contributed by atoms with Crippen molar-refractivity contribution < 1.29 is 14.3 Å². The third-order valence-electron chi connectivity index (χ3n) is 3.85. The first-order valence-electron chi connectivity index (χ1n) is 8.16. The maximum atomic E-state index is 12.6. The number of rotatable bonds is 4. The van der Waals surface area contributed by atoms with Crippen molar-refractivity contribution in [3.8, 4) is 5.75 Å². The number of hydrogen-bond donors (Lipinski definition) is 2. The highest BCUT2D eigenvalue weighted by atomic mass is 16.5. The average Bonchev–Trinajstić information content (AvgIpc) is 2.56. The maximum Gasteiger partial charge on any atom is 0.321 e. The monoisotopic (exact) mass is 339 g/mol. The van der Waals surface area contributed by atoms with E-state index < -0.39 is 0 Å². The summed E-state index contributed by atoms with van der Waals surface area (Å²) in [6.07, 6.45) is -0.0168. The van der Waals surface area contributed by atoms with Crippen LogP contribution in [-0.4, -0.2) is 30.0 Å². The van der Waals surface area contributed by atoms with Crippen LogP contribution in [0.5, 0.6) is 5.75 Å². The number of ether oxygens (including phenoxy) is 1. The van der Waals surface area contributed by atoms with Crippen molar-refractivity contribution in [2.45, 2.75) is 26.5 Å². The Bertz CT molecular complexity index is 817. The highest BCUT2D eigenvalue weighted by Gasteiger charge is 2.20. The molecule has 0 aliphatic carbocycles. The van der Waals surface area contributed by atoms with Crippen molar-refractivity contribution in [3.63, 3.8) is 0 Å². The largest absolute Gasteiger partial charge is 0.490 e. The normalized spacial score (nSPS) is 13.3. The minimum Gasteiger partial charge on any atom is -0.490 e. The Balaban J connectivity index is 1.80. The van der Waals surface area contributed by atoms with Crippen molar-refractivity contribution in [2.75, 3.05) is 17.7 Å². The molecule has 0 saturated heterocycles. The molecule has 6 heteroatoms. The number of carbonyl (C=O) groups excluding carboxylic acids is 2. The van der Waals surface area contributed by atoms with E-state index in [9.17, 15) is 9.59 Å². The Morgan fingerprint density at radius 3 is 2.76 bits per heavy atom. The van der Waals surface area contributed by atoms with E-state index in [1.165, 1.54) is 0 Å². The van der Waals surface area contributed by atoms with Crippen LogP contribution in [0.25, 0.3) is 0 Å². The third kappa shape index (κ3) is 3.74. The fourth-order valence-corrected chi connectivity index (χ4v) is 2.67. The van der Waals surface area contributed by atoms with E-state index in [0.29, 0.717) is 23.5 Å². The van der Waals surface area contributed by atoms with E-state index in [4.69, 9.17) is 4.74 Å². The van der Waals surface area contributed by atoms with E-state index in [0.717, 1.165) is 11.3 Å². The van der Waals surface area contributed by atoms with Crippen LogP contribution in [0.15, 0.2) is 42.5 Å². The Kier molecular flexibility index (Phi) is 4.61. The highest BCUT2D eigenvalue weighted by molar-refractivity contribution is 6.06. The smallest absolute Gasteiger partial charge is 0.321 e. The molecule has 0 bridgehead atoms. The topological polar surface area (TPSA) is 70.7 Å². The molecule has 2 N–H and O–H groups in total. The summed E-state index contributed by atoms with van der Waals surface area (Å²) in [5.74, 6) is 0.323. The molecule has 2 aromatic carbocycles. The number of amides is 3. The van der Waals surface area contributed by atoms with Crippen molar-refractivity contribution in [1.82, 2.24) is 4.90 Å². The number of hydrogen-bond acceptors (Lipinski definition) is 3. The summed E-state index contributed by atoms with van der Waals surface area (Å²) in [4.78, 5) is 25.9. The van der Waals surface area contributed by atoms with Gasteiger partial charge in [0.1, 0.15) is 5.75 Å². The van der Waals surface area contributed by atoms with Crippen LogP contribution in [0.4, 0.5) is 16.2 Å². The van der Waals surface area contributed by atoms with E-state index >= 15 is 0 Å². The summed E-state index contributed by atoms with van der Waals surface area (Å²) in [5, 5.41) is 5.70. The standard InChI is InChI=1S/C19H21N3O3/c1-12(2)25-17-7-5-4-6-15(17)18(23)20-14-8-9-16-13(10-14)11-22(3)19(24)21-16/h4-10,12H,11H2,1-3H3,(H,20,23)(H,21,24). The summed E-state index contributed by atoms with van der Waals surface area (Å²) in [6, 6.07) is 12.5. The molecule has 1 heterocycles. The van der Waals surface area contributed by atoms with Gasteiger partial charge in [-0.15, -0.1) is 0 Å². The second-order valence-corrected chi connectivity index (χ2v) is 6.28. The molecule has 3 rings (SSSR count). The number of benzene rings is 2. The Morgan fingerprint density at radius 1 is 1.24 bits per heavy atom. The third-order valence-corrected chi connectivity index (χ3v) is 3.85. The molecule has 0 spiro atoms. The molecule has 3 amide bonds. The van der Waals surface area contributed by atoms with Gasteiger partial charge in [0.05, 0.1) is 11.7 Å². The lowest BCUT2D eigenvalue weighted by atomic mass is 10.1. The van der Waals surface area contributed by atoms with Crippen LogP contribution in [0.3, 0.4) is 0 Å². The van der Waals surface area contributed by atoms with Gasteiger partial charge in [-0.25, -0.2) is 4.79 Å². The fraction of sp³-hybridized carbons (Fsp3) is 0.263. The number of urea groups is 1. The van der Waals surface area contributed by atoms with Gasteiger partial charge in [-0.1, -0.05) is 12.1 Å². The van der Waals surface area contributed by atoms with Crippen molar-refractivity contribution >= 4 is 23.3 Å². The zero-order chi connectivity index (χ0) is 18.0. The van der Waals surface area contributed by atoms with Gasteiger partial charge in [-0.2, -0.15) is 0 Å². The number of nitrogens with zero attached hydrogens (tertiary/aromatic N) is 1. The lowest BCUT2D eigenvalue weighted by Gasteiger charge is -2.26. The number of fused-ring (bicyclic) bond motifs is 1. The second-order valence-electron chi connectivity index (χ2n) is 6.28. The molecular formula is C19H21N3O3. The minimum absolute atomic E-state index is 0.0168. The molecule has 0 fully saturated rings. The molecule has 130 valence electrons. The number of nitrogens with one attached hydrogen (secondary N) is 2. The van der Waals surface area contributed by atoms with Gasteiger partial charge < -0.3 is 20.3 Å². The van der Waals surface area contributed by atoms with Crippen molar-refractivity contribution in [1.29, 1.82) is 0 Å². The molecule has 1 aliphatic heterocycles. The van der Waals surface area contributed by atoms with Crippen LogP contribution >= 0.6 is 0 Å². The first-order valence-corrected chi connectivity index (χ1v) is 8.16. The van der Waals surface area contributed by atoms with Gasteiger partial charge in [0, 0.05) is 25.0 Å². The maximum absolute atomic E-state index is 12.6. The predicted octanol–water partition coefficient (Wildman–Crippen LogP) is 3.70. The highest BCUT2D eigenvalue weighted by Crippen LogP contribution is 2.27. The van der Waals surface area contributed by atoms with Crippen LogP contribution in [0.1, 0.15) is 29.8 Å². The van der Waals surface area contributed by atoms with Crippen LogP contribution in [0, 0.1) is 0 Å². The quantitative estimate of drug-likeness (QED) is 0.892. The van der Waals surface area contributed by atoms with Crippen molar-refractivity contribution in [3.05, 3.63) is 53.6 Å². The first-order chi connectivity index (χ1) is 11.9. The summed E-state index contributed by atoms with van der Waals surface area (Å²) >= 11 is 0. The average molecular weight is 339 g/mol. The second kappa shape index (κ2) is 6.84. The molecule has 0 aromatic heterocycles. The van der Waals surface area contributed by atoms with Gasteiger partial charge in [-0.3, -0.25) is 4.79 Å². The van der Waals surface area contributed by atoms with E-state index in [2.05, 4.69) is 10.6 Å². The fourth-order valence-electron chi connectivity index (χ4n) is 2.67. The SMILES string of the molecule is CC(C)Oc1ccccc1C(=O)Nc1ccc2c(c1)CN(C)C(=O)N2. The predicted molar refractivity (Wildman–Crippen MR) is 97.1 cm³/mol. The Hall–Kier alpha value is -3.02. The van der Waals surface area contributed by atoms with Gasteiger partial charge >= 0.3 is 6.03 Å². The van der Waals surface area contributed by atoms with Crippen LogP contribution < -0.4 is 15.4 Å². The molecule has 1 aliphatic rings. The van der Waals surface area contributed by atoms with Gasteiger partial charge in [0.15, 0.2) is 0 Å². The Morgan fingerprint density at radius 2 is 2.00 bits per heavy atom. The molecule has 25 heavy (non-hydrogen) atoms. The summed E-state index contributed by atoms with van der Waals surface area (Å²) < 4.78 is 5.71. The van der Waals surface area contributed by atoms with Gasteiger partial charge in [0.2, 0.25) is 0 Å². The molecule has 0 radical (unpaired) electrons. The molecule has 2 aromatic rings. The van der Waals surface area contributed by atoms with Gasteiger partial charge in [0.25, 0.3) is 5.91 Å². The van der Waals surface area contributed by atoms with Crippen LogP contribution in [0.2, 0.25) is 0 Å². The summed E-state index contributed by atoms with van der Waals surface area (Å²) in [6.45, 7) is 4.34. The first kappa shape index (κ1) is 16.8. The van der Waals surface area contributed by atoms with Crippen molar-refractivity contribution in [2.24, 2.45) is 0 Å². The zero-order valence-electron chi connectivity index (χ0n) is 14.5. The molecule has 0 unspecified atom stereocenters. The van der Waals surface area contributed by atoms with E-state index in [1.807, 2.05) is 26.0 Å². The lowest BCUT2D eigenvalue weighted by Crippen LogP contribution is -2.35. The molecule has 0 saturated carbocycles. The molecular weight excluding hydrogens is 318 g/mol. The molecule has 6 nitrogen and oxygen atoms in total. The Labute approximate surface area is 146 Å². The number of carbonyl (C=O) groups is 2. The molecule has 0 atom stereocenters.